The average Bonchev–Trinajstić information content (AvgIpc) is 2.96. The molecule has 3 rings (SSSR count). The van der Waals surface area contributed by atoms with E-state index >= 15 is 0 Å². The topological polar surface area (TPSA) is 84.0 Å². The Bertz CT molecular complexity index is 681. The molecular formula is C14H8N2O5. The lowest BCUT2D eigenvalue weighted by Crippen LogP contribution is -2.33. The van der Waals surface area contributed by atoms with Crippen LogP contribution in [0.2, 0.25) is 0 Å². The minimum absolute atomic E-state index is 0.233. The smallest absolute Gasteiger partial charge is 0.287 e. The van der Waals surface area contributed by atoms with Crippen molar-refractivity contribution in [1.82, 2.24) is 5.06 Å². The van der Waals surface area contributed by atoms with Gasteiger partial charge in [0.1, 0.15) is 0 Å². The molecule has 0 saturated carbocycles. The van der Waals surface area contributed by atoms with Crippen LogP contribution in [0.15, 0.2) is 48.6 Å². The van der Waals surface area contributed by atoms with Crippen LogP contribution in [-0.4, -0.2) is 28.7 Å². The second-order valence-electron chi connectivity index (χ2n) is 4.23. The molecular weight excluding hydrogens is 276 g/mol. The molecule has 7 nitrogen and oxygen atoms in total. The Kier molecular flexibility index (Phi) is 2.87. The summed E-state index contributed by atoms with van der Waals surface area (Å²) in [5.41, 5.74) is 0.375. The molecule has 0 N–H and O–H groups in total. The van der Waals surface area contributed by atoms with Crippen molar-refractivity contribution in [2.75, 3.05) is 4.90 Å². The predicted octanol–water partition coefficient (Wildman–Crippen LogP) is 0.335. The molecule has 7 heteroatoms. The Morgan fingerprint density at radius 2 is 1.14 bits per heavy atom. The van der Waals surface area contributed by atoms with E-state index in [2.05, 4.69) is 0 Å². The van der Waals surface area contributed by atoms with Crippen molar-refractivity contribution in [3.05, 3.63) is 48.6 Å². The number of hydrogen-bond donors (Lipinski definition) is 0. The van der Waals surface area contributed by atoms with E-state index in [1.165, 1.54) is 36.4 Å². The van der Waals surface area contributed by atoms with E-state index in [0.717, 1.165) is 17.1 Å². The monoisotopic (exact) mass is 284 g/mol. The number of carbonyl (C=O) groups is 4. The molecule has 0 radical (unpaired) electrons. The molecule has 4 amide bonds. The minimum Gasteiger partial charge on any atom is -0.369 e. The van der Waals surface area contributed by atoms with Crippen LogP contribution in [0.3, 0.4) is 0 Å². The molecule has 0 spiro atoms. The summed E-state index contributed by atoms with van der Waals surface area (Å²) in [7, 11) is 0. The Morgan fingerprint density at radius 1 is 0.667 bits per heavy atom. The number of benzene rings is 1. The Hall–Kier alpha value is -3.22. The summed E-state index contributed by atoms with van der Waals surface area (Å²) in [5, 5.41) is 0.614. The van der Waals surface area contributed by atoms with E-state index in [1.807, 2.05) is 0 Å². The van der Waals surface area contributed by atoms with Gasteiger partial charge in [0.05, 0.1) is 5.69 Å². The van der Waals surface area contributed by atoms with Crippen LogP contribution in [0.4, 0.5) is 5.69 Å². The number of hydroxylamine groups is 2. The molecule has 1 aromatic rings. The number of anilines is 1. The molecule has 2 aliphatic rings. The first-order valence-corrected chi connectivity index (χ1v) is 5.96. The number of nitrogens with zero attached hydrogens (tertiary/aromatic N) is 2. The fraction of sp³-hybridized carbons (Fsp3) is 0. The van der Waals surface area contributed by atoms with Gasteiger partial charge in [0.15, 0.2) is 5.75 Å². The number of imide groups is 2. The van der Waals surface area contributed by atoms with Gasteiger partial charge >= 0.3 is 0 Å². The van der Waals surface area contributed by atoms with Crippen molar-refractivity contribution < 1.29 is 24.0 Å². The quantitative estimate of drug-likeness (QED) is 0.747. The summed E-state index contributed by atoms with van der Waals surface area (Å²) in [5.74, 6) is -1.77. The van der Waals surface area contributed by atoms with Gasteiger partial charge in [-0.3, -0.25) is 19.2 Å². The molecule has 1 aromatic carbocycles. The van der Waals surface area contributed by atoms with Crippen LogP contribution >= 0.6 is 0 Å². The Balaban J connectivity index is 1.76. The van der Waals surface area contributed by atoms with Crippen LogP contribution in [0, 0.1) is 0 Å². The molecule has 21 heavy (non-hydrogen) atoms. The normalized spacial score (nSPS) is 17.3. The first kappa shape index (κ1) is 12.8. The number of carbonyl (C=O) groups excluding carboxylic acids is 4. The molecule has 0 unspecified atom stereocenters. The van der Waals surface area contributed by atoms with E-state index < -0.39 is 23.6 Å². The third-order valence-electron chi connectivity index (χ3n) is 2.87. The molecule has 2 aliphatic heterocycles. The maximum atomic E-state index is 11.5. The van der Waals surface area contributed by atoms with Gasteiger partial charge in [0, 0.05) is 24.3 Å². The van der Waals surface area contributed by atoms with Gasteiger partial charge in [-0.05, 0) is 24.3 Å². The fourth-order valence-corrected chi connectivity index (χ4v) is 1.89. The highest BCUT2D eigenvalue weighted by atomic mass is 16.7. The molecule has 0 atom stereocenters. The van der Waals surface area contributed by atoms with E-state index in [1.54, 1.807) is 0 Å². The van der Waals surface area contributed by atoms with Gasteiger partial charge in [-0.2, -0.15) is 0 Å². The van der Waals surface area contributed by atoms with Crippen molar-refractivity contribution in [3.8, 4) is 5.75 Å². The summed E-state index contributed by atoms with van der Waals surface area (Å²) in [6, 6.07) is 5.87. The highest BCUT2D eigenvalue weighted by Crippen LogP contribution is 2.23. The zero-order valence-corrected chi connectivity index (χ0v) is 10.6. The third kappa shape index (κ3) is 2.20. The van der Waals surface area contributed by atoms with Gasteiger partial charge in [0.25, 0.3) is 23.6 Å². The Labute approximate surface area is 118 Å². The maximum Gasteiger partial charge on any atom is 0.287 e. The lowest BCUT2D eigenvalue weighted by atomic mass is 10.3. The second-order valence-corrected chi connectivity index (χ2v) is 4.23. The summed E-state index contributed by atoms with van der Waals surface area (Å²) < 4.78 is 0. The number of rotatable bonds is 3. The van der Waals surface area contributed by atoms with Crippen LogP contribution < -0.4 is 9.74 Å². The minimum atomic E-state index is -0.571. The average molecular weight is 284 g/mol. The van der Waals surface area contributed by atoms with Crippen LogP contribution in [0.1, 0.15) is 0 Å². The summed E-state index contributed by atoms with van der Waals surface area (Å²) in [6.45, 7) is 0. The van der Waals surface area contributed by atoms with E-state index in [4.69, 9.17) is 4.84 Å². The van der Waals surface area contributed by atoms with Crippen LogP contribution in [0.5, 0.6) is 5.75 Å². The van der Waals surface area contributed by atoms with Gasteiger partial charge in [-0.1, -0.05) is 5.06 Å². The first-order valence-electron chi connectivity index (χ1n) is 5.96. The Morgan fingerprint density at radius 3 is 1.67 bits per heavy atom. The lowest BCUT2D eigenvalue weighted by molar-refractivity contribution is -0.162. The molecule has 0 bridgehead atoms. The SMILES string of the molecule is O=C1C=CC(=O)N1Oc1ccc(N2C(=O)C=CC2=O)cc1. The maximum absolute atomic E-state index is 11.5. The van der Waals surface area contributed by atoms with E-state index in [-0.39, 0.29) is 5.75 Å². The fourth-order valence-electron chi connectivity index (χ4n) is 1.89. The molecule has 2 heterocycles. The van der Waals surface area contributed by atoms with Crippen LogP contribution in [-0.2, 0) is 19.2 Å². The number of amides is 4. The highest BCUT2D eigenvalue weighted by Gasteiger charge is 2.27. The van der Waals surface area contributed by atoms with Crippen molar-refractivity contribution in [1.29, 1.82) is 0 Å². The lowest BCUT2D eigenvalue weighted by Gasteiger charge is -2.16. The van der Waals surface area contributed by atoms with Crippen molar-refractivity contribution in [2.24, 2.45) is 0 Å². The zero-order chi connectivity index (χ0) is 15.0. The molecule has 0 aromatic heterocycles. The predicted molar refractivity (Wildman–Crippen MR) is 69.7 cm³/mol. The zero-order valence-electron chi connectivity index (χ0n) is 10.6. The van der Waals surface area contributed by atoms with Gasteiger partial charge in [-0.15, -0.1) is 0 Å². The third-order valence-corrected chi connectivity index (χ3v) is 2.87. The van der Waals surface area contributed by atoms with Crippen molar-refractivity contribution >= 4 is 29.3 Å². The van der Waals surface area contributed by atoms with Crippen molar-refractivity contribution in [3.63, 3.8) is 0 Å². The van der Waals surface area contributed by atoms with Crippen LogP contribution in [0.25, 0.3) is 0 Å². The summed E-state index contributed by atoms with van der Waals surface area (Å²) >= 11 is 0. The van der Waals surface area contributed by atoms with Gasteiger partial charge < -0.3 is 4.84 Å². The standard InChI is InChI=1S/C14H8N2O5/c17-11-5-6-12(18)15(11)9-1-3-10(4-2-9)21-16-13(19)7-8-14(16)20/h1-8H. The van der Waals surface area contributed by atoms with Gasteiger partial charge in [0.2, 0.25) is 0 Å². The summed E-state index contributed by atoms with van der Waals surface area (Å²) in [4.78, 5) is 51.8. The van der Waals surface area contributed by atoms with Gasteiger partial charge in [-0.25, -0.2) is 4.90 Å². The first-order chi connectivity index (χ1) is 10.1. The second kappa shape index (κ2) is 4.71. The van der Waals surface area contributed by atoms with E-state index in [0.29, 0.717) is 10.8 Å². The molecule has 104 valence electrons. The summed E-state index contributed by atoms with van der Waals surface area (Å²) in [6.07, 6.45) is 4.56. The molecule has 0 aliphatic carbocycles. The van der Waals surface area contributed by atoms with E-state index in [9.17, 15) is 19.2 Å². The largest absolute Gasteiger partial charge is 0.369 e. The molecule has 0 fully saturated rings. The van der Waals surface area contributed by atoms with Crippen molar-refractivity contribution in [2.45, 2.75) is 0 Å². The molecule has 0 saturated heterocycles. The number of hydrogen-bond acceptors (Lipinski definition) is 5. The highest BCUT2D eigenvalue weighted by molar-refractivity contribution is 6.28.